The SMILES string of the molecule is Cl.Cl.FC(F)(F)Oc1ccc([C@@H](c2cc(Br)cc(Br)c2)N2CCNCC2)cc1. The standard InChI is InChI=1S/C18H17Br2F3N2O.2ClH/c19-14-9-13(10-15(20)11-14)17(25-7-5-24-6-8-25)12-1-3-16(4-2-12)26-18(21,22)23;;/h1-4,9-11,17,24H,5-8H2;2*1H/t17-;;/m0../s1. The van der Waals surface area contributed by atoms with Gasteiger partial charge in [0.15, 0.2) is 0 Å². The van der Waals surface area contributed by atoms with Gasteiger partial charge in [0.1, 0.15) is 5.75 Å². The van der Waals surface area contributed by atoms with E-state index in [9.17, 15) is 13.2 Å². The lowest BCUT2D eigenvalue weighted by Crippen LogP contribution is -2.45. The summed E-state index contributed by atoms with van der Waals surface area (Å²) in [5.41, 5.74) is 1.99. The van der Waals surface area contributed by atoms with Crippen LogP contribution in [0.25, 0.3) is 0 Å². The summed E-state index contributed by atoms with van der Waals surface area (Å²) >= 11 is 7.03. The Hall–Kier alpha value is -0.510. The van der Waals surface area contributed by atoms with E-state index >= 15 is 0 Å². The highest BCUT2D eigenvalue weighted by Crippen LogP contribution is 2.34. The second-order valence-electron chi connectivity index (χ2n) is 6.01. The molecule has 1 N–H and O–H groups in total. The minimum absolute atomic E-state index is 0. The molecule has 28 heavy (non-hydrogen) atoms. The molecule has 1 heterocycles. The summed E-state index contributed by atoms with van der Waals surface area (Å²) in [5.74, 6) is -0.212. The van der Waals surface area contributed by atoms with Crippen LogP contribution in [0.3, 0.4) is 0 Å². The fourth-order valence-electron chi connectivity index (χ4n) is 3.14. The molecule has 1 aliphatic heterocycles. The number of hydrogen-bond acceptors (Lipinski definition) is 3. The van der Waals surface area contributed by atoms with E-state index in [1.807, 2.05) is 18.2 Å². The van der Waals surface area contributed by atoms with Crippen molar-refractivity contribution in [1.82, 2.24) is 10.2 Å². The van der Waals surface area contributed by atoms with E-state index in [-0.39, 0.29) is 36.6 Å². The fourth-order valence-corrected chi connectivity index (χ4v) is 4.47. The number of halogens is 7. The number of hydrogen-bond donors (Lipinski definition) is 1. The molecule has 0 aliphatic carbocycles. The molecule has 1 atom stereocenters. The van der Waals surface area contributed by atoms with E-state index in [1.54, 1.807) is 12.1 Å². The summed E-state index contributed by atoms with van der Waals surface area (Å²) < 4.78 is 43.1. The minimum atomic E-state index is -4.69. The molecule has 3 rings (SSSR count). The molecule has 3 nitrogen and oxygen atoms in total. The van der Waals surface area contributed by atoms with Crippen molar-refractivity contribution in [1.29, 1.82) is 0 Å². The summed E-state index contributed by atoms with van der Waals surface area (Å²) in [4.78, 5) is 2.32. The summed E-state index contributed by atoms with van der Waals surface area (Å²) in [7, 11) is 0. The smallest absolute Gasteiger partial charge is 0.406 e. The largest absolute Gasteiger partial charge is 0.573 e. The summed E-state index contributed by atoms with van der Waals surface area (Å²) in [5, 5.41) is 3.32. The van der Waals surface area contributed by atoms with Crippen molar-refractivity contribution in [2.45, 2.75) is 12.4 Å². The van der Waals surface area contributed by atoms with Gasteiger partial charge in [0.05, 0.1) is 6.04 Å². The number of piperazine rings is 1. The van der Waals surface area contributed by atoms with Crippen molar-refractivity contribution in [2.24, 2.45) is 0 Å². The molecule has 2 aromatic rings. The minimum Gasteiger partial charge on any atom is -0.406 e. The maximum absolute atomic E-state index is 12.4. The average molecular weight is 567 g/mol. The van der Waals surface area contributed by atoms with Crippen LogP contribution in [0.5, 0.6) is 5.75 Å². The summed E-state index contributed by atoms with van der Waals surface area (Å²) in [6.45, 7) is 3.47. The molecule has 2 aromatic carbocycles. The molecule has 1 aliphatic rings. The third kappa shape index (κ3) is 7.07. The molecular weight excluding hydrogens is 548 g/mol. The lowest BCUT2D eigenvalue weighted by Gasteiger charge is -2.35. The Morgan fingerprint density at radius 2 is 1.43 bits per heavy atom. The van der Waals surface area contributed by atoms with Crippen molar-refractivity contribution >= 4 is 56.7 Å². The molecule has 0 spiro atoms. The van der Waals surface area contributed by atoms with Crippen LogP contribution in [0.2, 0.25) is 0 Å². The maximum Gasteiger partial charge on any atom is 0.573 e. The van der Waals surface area contributed by atoms with Gasteiger partial charge in [-0.15, -0.1) is 38.0 Å². The van der Waals surface area contributed by atoms with Crippen LogP contribution in [0.15, 0.2) is 51.4 Å². The predicted molar refractivity (Wildman–Crippen MR) is 116 cm³/mol. The molecule has 0 aromatic heterocycles. The zero-order chi connectivity index (χ0) is 18.7. The first-order chi connectivity index (χ1) is 12.3. The van der Waals surface area contributed by atoms with Gasteiger partial charge in [-0.1, -0.05) is 44.0 Å². The summed E-state index contributed by atoms with van der Waals surface area (Å²) in [6, 6.07) is 12.1. The Morgan fingerprint density at radius 3 is 1.93 bits per heavy atom. The number of nitrogens with one attached hydrogen (secondary N) is 1. The van der Waals surface area contributed by atoms with Gasteiger partial charge < -0.3 is 10.1 Å². The molecule has 0 amide bonds. The van der Waals surface area contributed by atoms with Gasteiger partial charge in [0, 0.05) is 35.1 Å². The van der Waals surface area contributed by atoms with E-state index in [0.29, 0.717) is 0 Å². The molecule has 0 radical (unpaired) electrons. The lowest BCUT2D eigenvalue weighted by molar-refractivity contribution is -0.274. The normalized spacial score (nSPS) is 15.9. The Bertz CT molecular complexity index is 737. The molecule has 1 saturated heterocycles. The zero-order valence-corrected chi connectivity index (χ0v) is 19.3. The highest BCUT2D eigenvalue weighted by molar-refractivity contribution is 9.11. The van der Waals surface area contributed by atoms with E-state index in [0.717, 1.165) is 46.3 Å². The van der Waals surface area contributed by atoms with Gasteiger partial charge in [0.2, 0.25) is 0 Å². The van der Waals surface area contributed by atoms with Crippen molar-refractivity contribution < 1.29 is 17.9 Å². The van der Waals surface area contributed by atoms with E-state index in [1.165, 1.54) is 12.1 Å². The molecular formula is C18H19Br2Cl2F3N2O. The fraction of sp³-hybridized carbons (Fsp3) is 0.333. The number of nitrogens with zero attached hydrogens (tertiary/aromatic N) is 1. The number of benzene rings is 2. The number of alkyl halides is 3. The highest BCUT2D eigenvalue weighted by Gasteiger charge is 2.31. The topological polar surface area (TPSA) is 24.5 Å². The van der Waals surface area contributed by atoms with Crippen LogP contribution >= 0.6 is 56.7 Å². The van der Waals surface area contributed by atoms with E-state index in [2.05, 4.69) is 46.8 Å². The lowest BCUT2D eigenvalue weighted by atomic mass is 9.96. The van der Waals surface area contributed by atoms with Crippen molar-refractivity contribution in [3.8, 4) is 5.75 Å². The van der Waals surface area contributed by atoms with E-state index in [4.69, 9.17) is 0 Å². The molecule has 0 saturated carbocycles. The van der Waals surface area contributed by atoms with Crippen LogP contribution in [-0.2, 0) is 0 Å². The quantitative estimate of drug-likeness (QED) is 0.495. The number of ether oxygens (including phenoxy) is 1. The van der Waals surface area contributed by atoms with Gasteiger partial charge in [-0.2, -0.15) is 0 Å². The van der Waals surface area contributed by atoms with Crippen LogP contribution in [0, 0.1) is 0 Å². The predicted octanol–water partition coefficient (Wildman–Crippen LogP) is 5.95. The third-order valence-corrected chi connectivity index (χ3v) is 5.06. The van der Waals surface area contributed by atoms with Gasteiger partial charge in [-0.3, -0.25) is 4.90 Å². The monoisotopic (exact) mass is 564 g/mol. The van der Waals surface area contributed by atoms with Gasteiger partial charge in [-0.25, -0.2) is 0 Å². The van der Waals surface area contributed by atoms with Gasteiger partial charge in [-0.05, 0) is 41.5 Å². The van der Waals surface area contributed by atoms with Crippen LogP contribution in [-0.4, -0.2) is 37.4 Å². The van der Waals surface area contributed by atoms with Crippen LogP contribution in [0.1, 0.15) is 17.2 Å². The van der Waals surface area contributed by atoms with Crippen LogP contribution in [0.4, 0.5) is 13.2 Å². The Balaban J connectivity index is 0.00000196. The first-order valence-electron chi connectivity index (χ1n) is 8.08. The molecule has 0 bridgehead atoms. The summed E-state index contributed by atoms with van der Waals surface area (Å²) in [6.07, 6.45) is -4.69. The highest BCUT2D eigenvalue weighted by atomic mass is 79.9. The van der Waals surface area contributed by atoms with Crippen LogP contribution < -0.4 is 10.1 Å². The average Bonchev–Trinajstić information content (AvgIpc) is 2.55. The second-order valence-corrected chi connectivity index (χ2v) is 7.84. The van der Waals surface area contributed by atoms with E-state index < -0.39 is 6.36 Å². The maximum atomic E-state index is 12.4. The first-order valence-corrected chi connectivity index (χ1v) is 9.67. The molecule has 156 valence electrons. The van der Waals surface area contributed by atoms with Crippen molar-refractivity contribution in [3.05, 3.63) is 62.5 Å². The number of rotatable bonds is 4. The Kier molecular flexibility index (Phi) is 10.1. The van der Waals surface area contributed by atoms with Crippen molar-refractivity contribution in [2.75, 3.05) is 26.2 Å². The molecule has 1 fully saturated rings. The molecule has 10 heteroatoms. The third-order valence-electron chi connectivity index (χ3n) is 4.15. The zero-order valence-electron chi connectivity index (χ0n) is 14.5. The Labute approximate surface area is 191 Å². The Morgan fingerprint density at radius 1 is 0.893 bits per heavy atom. The second kappa shape index (κ2) is 11.0. The van der Waals surface area contributed by atoms with Gasteiger partial charge >= 0.3 is 6.36 Å². The van der Waals surface area contributed by atoms with Gasteiger partial charge in [0.25, 0.3) is 0 Å². The molecule has 0 unspecified atom stereocenters. The first kappa shape index (κ1) is 25.5. The van der Waals surface area contributed by atoms with Crippen molar-refractivity contribution in [3.63, 3.8) is 0 Å².